The van der Waals surface area contributed by atoms with E-state index in [4.69, 9.17) is 4.74 Å². The highest BCUT2D eigenvalue weighted by atomic mass is 16.5. The average Bonchev–Trinajstić information content (AvgIpc) is 2.77. The quantitative estimate of drug-likeness (QED) is 0.776. The Hall–Kier alpha value is -1.84. The molecule has 1 heterocycles. The zero-order valence-corrected chi connectivity index (χ0v) is 12.3. The highest BCUT2D eigenvalue weighted by Crippen LogP contribution is 2.33. The van der Waals surface area contributed by atoms with Crippen molar-refractivity contribution in [3.8, 4) is 0 Å². The highest BCUT2D eigenvalue weighted by Gasteiger charge is 2.33. The van der Waals surface area contributed by atoms with Crippen molar-refractivity contribution in [2.24, 2.45) is 0 Å². The van der Waals surface area contributed by atoms with Gasteiger partial charge in [-0.15, -0.1) is 0 Å². The van der Waals surface area contributed by atoms with Crippen LogP contribution in [0.4, 0.5) is 0 Å². The fourth-order valence-corrected chi connectivity index (χ4v) is 2.71. The summed E-state index contributed by atoms with van der Waals surface area (Å²) >= 11 is 0. The van der Waals surface area contributed by atoms with Crippen LogP contribution in [-0.4, -0.2) is 29.9 Å². The third-order valence-corrected chi connectivity index (χ3v) is 4.02. The largest absolute Gasteiger partial charge is 0.453 e. The number of hydrogen-bond acceptors (Lipinski definition) is 3. The zero-order chi connectivity index (χ0) is 14.7. The van der Waals surface area contributed by atoms with Crippen molar-refractivity contribution in [3.63, 3.8) is 0 Å². The van der Waals surface area contributed by atoms with Crippen molar-refractivity contribution >= 4 is 11.9 Å². The summed E-state index contributed by atoms with van der Waals surface area (Å²) in [7, 11) is 1.82. The number of hydrogen-bond donors (Lipinski definition) is 0. The number of amides is 1. The average molecular weight is 275 g/mol. The molecule has 1 aromatic carbocycles. The van der Waals surface area contributed by atoms with Crippen LogP contribution in [0.1, 0.15) is 55.1 Å². The van der Waals surface area contributed by atoms with E-state index in [1.165, 1.54) is 0 Å². The summed E-state index contributed by atoms with van der Waals surface area (Å²) in [4.78, 5) is 25.8. The molecule has 1 atom stereocenters. The van der Waals surface area contributed by atoms with Crippen molar-refractivity contribution in [2.45, 2.75) is 45.3 Å². The molecular weight excluding hydrogens is 254 g/mol. The molecule has 4 nitrogen and oxygen atoms in total. The Morgan fingerprint density at radius 2 is 1.95 bits per heavy atom. The van der Waals surface area contributed by atoms with Crippen LogP contribution in [0.25, 0.3) is 0 Å². The molecule has 0 N–H and O–H groups in total. The number of cyclic esters (lactones) is 1. The first-order valence-corrected chi connectivity index (χ1v) is 7.14. The molecule has 1 aliphatic rings. The Morgan fingerprint density at radius 1 is 1.30 bits per heavy atom. The van der Waals surface area contributed by atoms with Gasteiger partial charge in [-0.3, -0.25) is 4.79 Å². The molecule has 0 saturated heterocycles. The topological polar surface area (TPSA) is 46.6 Å². The molecule has 2 rings (SSSR count). The van der Waals surface area contributed by atoms with Gasteiger partial charge in [0.1, 0.15) is 6.10 Å². The third kappa shape index (κ3) is 2.69. The number of carbonyl (C=O) groups is 2. The van der Waals surface area contributed by atoms with Crippen molar-refractivity contribution in [1.29, 1.82) is 0 Å². The number of rotatable bonds is 5. The molecule has 0 fully saturated rings. The van der Waals surface area contributed by atoms with Crippen molar-refractivity contribution < 1.29 is 14.3 Å². The second kappa shape index (κ2) is 6.07. The second-order valence-electron chi connectivity index (χ2n) is 5.16. The monoisotopic (exact) mass is 275 g/mol. The van der Waals surface area contributed by atoms with E-state index in [0.717, 1.165) is 18.4 Å². The van der Waals surface area contributed by atoms with Crippen LogP contribution in [0.2, 0.25) is 0 Å². The van der Waals surface area contributed by atoms with Crippen molar-refractivity contribution in [1.82, 2.24) is 4.90 Å². The van der Waals surface area contributed by atoms with E-state index in [2.05, 4.69) is 13.8 Å². The minimum absolute atomic E-state index is 0.0215. The molecule has 0 saturated carbocycles. The van der Waals surface area contributed by atoms with E-state index in [-0.39, 0.29) is 24.3 Å². The van der Waals surface area contributed by atoms with Gasteiger partial charge in [-0.2, -0.15) is 0 Å². The van der Waals surface area contributed by atoms with Crippen molar-refractivity contribution in [3.05, 3.63) is 35.4 Å². The number of nitrogens with zero attached hydrogens (tertiary/aromatic N) is 1. The number of ether oxygens (including phenoxy) is 1. The van der Waals surface area contributed by atoms with Gasteiger partial charge in [0.05, 0.1) is 12.0 Å². The summed E-state index contributed by atoms with van der Waals surface area (Å²) in [6.45, 7) is 4.14. The summed E-state index contributed by atoms with van der Waals surface area (Å²) in [6, 6.07) is 7.51. The van der Waals surface area contributed by atoms with Crippen LogP contribution in [0.15, 0.2) is 24.3 Å². The van der Waals surface area contributed by atoms with Crippen LogP contribution in [0, 0.1) is 0 Å². The van der Waals surface area contributed by atoms with Crippen LogP contribution < -0.4 is 0 Å². The predicted molar refractivity (Wildman–Crippen MR) is 76.4 cm³/mol. The molecule has 0 spiro atoms. The first-order chi connectivity index (χ1) is 9.58. The maximum Gasteiger partial charge on any atom is 0.339 e. The first-order valence-electron chi connectivity index (χ1n) is 7.14. The second-order valence-corrected chi connectivity index (χ2v) is 5.16. The van der Waals surface area contributed by atoms with E-state index < -0.39 is 6.10 Å². The third-order valence-electron chi connectivity index (χ3n) is 4.02. The SMILES string of the molecule is CCC(CC)N(C)C(=O)C[C@@H]1OC(=O)c2ccccc21. The Balaban J connectivity index is 2.08. The molecule has 0 bridgehead atoms. The number of carbonyl (C=O) groups excluding carboxylic acids is 2. The lowest BCUT2D eigenvalue weighted by Gasteiger charge is -2.27. The first kappa shape index (κ1) is 14.6. The molecule has 0 aromatic heterocycles. The van der Waals surface area contributed by atoms with Crippen molar-refractivity contribution in [2.75, 3.05) is 7.05 Å². The number of benzene rings is 1. The van der Waals surface area contributed by atoms with Gasteiger partial charge in [-0.25, -0.2) is 4.79 Å². The minimum Gasteiger partial charge on any atom is -0.453 e. The van der Waals surface area contributed by atoms with Crippen LogP contribution >= 0.6 is 0 Å². The summed E-state index contributed by atoms with van der Waals surface area (Å²) in [5, 5.41) is 0. The predicted octanol–water partition coefficient (Wildman–Crippen LogP) is 2.94. The van der Waals surface area contributed by atoms with Crippen LogP contribution in [0.5, 0.6) is 0 Å². The van der Waals surface area contributed by atoms with E-state index in [9.17, 15) is 9.59 Å². The summed E-state index contributed by atoms with van der Waals surface area (Å²) < 4.78 is 5.31. The molecule has 0 unspecified atom stereocenters. The molecule has 0 aliphatic carbocycles. The maximum absolute atomic E-state index is 12.3. The number of fused-ring (bicyclic) bond motifs is 1. The maximum atomic E-state index is 12.3. The molecule has 1 aliphatic heterocycles. The lowest BCUT2D eigenvalue weighted by atomic mass is 10.0. The normalized spacial score (nSPS) is 17.0. The lowest BCUT2D eigenvalue weighted by molar-refractivity contribution is -0.134. The molecule has 108 valence electrons. The van der Waals surface area contributed by atoms with E-state index in [1.54, 1.807) is 17.0 Å². The highest BCUT2D eigenvalue weighted by molar-refractivity contribution is 5.94. The summed E-state index contributed by atoms with van der Waals surface area (Å²) in [6.07, 6.45) is 1.64. The van der Waals surface area contributed by atoms with Gasteiger partial charge < -0.3 is 9.64 Å². The molecule has 0 radical (unpaired) electrons. The fraction of sp³-hybridized carbons (Fsp3) is 0.500. The standard InChI is InChI=1S/C16H21NO3/c1-4-11(5-2)17(3)15(18)10-14-12-8-6-7-9-13(12)16(19)20-14/h6-9,11,14H,4-5,10H2,1-3H3/t14-/m0/s1. The Bertz CT molecular complexity index is 508. The Kier molecular flexibility index (Phi) is 4.42. The molecule has 1 amide bonds. The van der Waals surface area contributed by atoms with Gasteiger partial charge in [-0.05, 0) is 18.9 Å². The van der Waals surface area contributed by atoms with Gasteiger partial charge in [0.2, 0.25) is 5.91 Å². The van der Waals surface area contributed by atoms with E-state index >= 15 is 0 Å². The fourth-order valence-electron chi connectivity index (χ4n) is 2.71. The molecule has 4 heteroatoms. The van der Waals surface area contributed by atoms with E-state index in [1.807, 2.05) is 19.2 Å². The Morgan fingerprint density at radius 3 is 2.60 bits per heavy atom. The van der Waals surface area contributed by atoms with Gasteiger partial charge in [0, 0.05) is 18.7 Å². The summed E-state index contributed by atoms with van der Waals surface area (Å²) in [5.41, 5.74) is 1.40. The van der Waals surface area contributed by atoms with Gasteiger partial charge in [0.25, 0.3) is 0 Å². The number of esters is 1. The minimum atomic E-state index is -0.442. The van der Waals surface area contributed by atoms with Gasteiger partial charge >= 0.3 is 5.97 Å². The summed E-state index contributed by atoms with van der Waals surface area (Å²) in [5.74, 6) is -0.309. The Labute approximate surface area is 119 Å². The van der Waals surface area contributed by atoms with Gasteiger partial charge in [0.15, 0.2) is 0 Å². The van der Waals surface area contributed by atoms with Crippen LogP contribution in [0.3, 0.4) is 0 Å². The molecule has 20 heavy (non-hydrogen) atoms. The van der Waals surface area contributed by atoms with E-state index in [0.29, 0.717) is 5.56 Å². The zero-order valence-electron chi connectivity index (χ0n) is 12.3. The van der Waals surface area contributed by atoms with Gasteiger partial charge in [-0.1, -0.05) is 32.0 Å². The smallest absolute Gasteiger partial charge is 0.339 e. The lowest BCUT2D eigenvalue weighted by Crippen LogP contribution is -2.36. The molecule has 1 aromatic rings. The van der Waals surface area contributed by atoms with Crippen LogP contribution in [-0.2, 0) is 9.53 Å². The molecular formula is C16H21NO3.